The Labute approximate surface area is 142 Å². The third kappa shape index (κ3) is 4.77. The predicted molar refractivity (Wildman–Crippen MR) is 86.7 cm³/mol. The Morgan fingerprint density at radius 1 is 1.40 bits per heavy atom. The van der Waals surface area contributed by atoms with Gasteiger partial charge in [0.05, 0.1) is 30.6 Å². The maximum absolute atomic E-state index is 12.2. The summed E-state index contributed by atoms with van der Waals surface area (Å²) in [6, 6.07) is 5.52. The van der Waals surface area contributed by atoms with E-state index in [2.05, 4.69) is 10.4 Å². The highest BCUT2D eigenvalue weighted by molar-refractivity contribution is 6.04. The van der Waals surface area contributed by atoms with E-state index in [9.17, 15) is 19.7 Å². The van der Waals surface area contributed by atoms with E-state index < -0.39 is 16.8 Å². The number of ether oxygens (including phenoxy) is 1. The summed E-state index contributed by atoms with van der Waals surface area (Å²) in [5, 5.41) is 26.2. The fourth-order valence-corrected chi connectivity index (χ4v) is 2.03. The largest absolute Gasteiger partial charge is 0.494 e. The molecule has 0 unspecified atom stereocenters. The number of aryl methyl sites for hydroxylation is 1. The van der Waals surface area contributed by atoms with E-state index in [1.54, 1.807) is 6.92 Å². The molecule has 10 heteroatoms. The SMILES string of the molecule is CCOc1ccc(NC(=O)c2ccn(CCC(=O)O)n2)c([N+](=O)[O-])c1. The van der Waals surface area contributed by atoms with Crippen LogP contribution < -0.4 is 10.1 Å². The number of nitrogens with zero attached hydrogens (tertiary/aromatic N) is 3. The zero-order chi connectivity index (χ0) is 18.4. The molecule has 10 nitrogen and oxygen atoms in total. The molecule has 0 aliphatic heterocycles. The fraction of sp³-hybridized carbons (Fsp3) is 0.267. The number of aromatic nitrogens is 2. The summed E-state index contributed by atoms with van der Waals surface area (Å²) in [5.41, 5.74) is -0.267. The van der Waals surface area contributed by atoms with Crippen molar-refractivity contribution in [1.29, 1.82) is 0 Å². The van der Waals surface area contributed by atoms with Crippen molar-refractivity contribution in [2.45, 2.75) is 19.9 Å². The van der Waals surface area contributed by atoms with Crippen LogP contribution in [0, 0.1) is 10.1 Å². The van der Waals surface area contributed by atoms with E-state index in [0.29, 0.717) is 12.4 Å². The first kappa shape index (κ1) is 17.9. The first-order valence-electron chi connectivity index (χ1n) is 7.38. The Morgan fingerprint density at radius 3 is 2.80 bits per heavy atom. The highest BCUT2D eigenvalue weighted by Crippen LogP contribution is 2.29. The van der Waals surface area contributed by atoms with E-state index in [1.165, 1.54) is 35.1 Å². The molecule has 1 aromatic heterocycles. The van der Waals surface area contributed by atoms with Gasteiger partial charge in [0.2, 0.25) is 0 Å². The second-order valence-electron chi connectivity index (χ2n) is 4.93. The summed E-state index contributed by atoms with van der Waals surface area (Å²) in [4.78, 5) is 33.3. The van der Waals surface area contributed by atoms with Gasteiger partial charge >= 0.3 is 5.97 Å². The summed E-state index contributed by atoms with van der Waals surface area (Å²) in [6.45, 7) is 2.23. The topological polar surface area (TPSA) is 137 Å². The third-order valence-corrected chi connectivity index (χ3v) is 3.15. The molecule has 1 amide bonds. The van der Waals surface area contributed by atoms with Gasteiger partial charge in [0.25, 0.3) is 11.6 Å². The number of carboxylic acid groups (broad SMARTS) is 1. The number of hydrogen-bond acceptors (Lipinski definition) is 6. The number of carboxylic acids is 1. The number of carbonyl (C=O) groups is 2. The number of nitro groups is 1. The number of benzene rings is 1. The third-order valence-electron chi connectivity index (χ3n) is 3.15. The lowest BCUT2D eigenvalue weighted by molar-refractivity contribution is -0.384. The van der Waals surface area contributed by atoms with Crippen LogP contribution in [0.4, 0.5) is 11.4 Å². The first-order chi connectivity index (χ1) is 11.9. The molecule has 0 saturated heterocycles. The molecule has 1 aromatic carbocycles. The van der Waals surface area contributed by atoms with E-state index in [0.717, 1.165) is 0 Å². The molecule has 0 atom stereocenters. The molecular formula is C15H16N4O6. The second kappa shape index (κ2) is 7.90. The van der Waals surface area contributed by atoms with Crippen LogP contribution in [0.25, 0.3) is 0 Å². The van der Waals surface area contributed by atoms with E-state index >= 15 is 0 Å². The first-order valence-corrected chi connectivity index (χ1v) is 7.38. The zero-order valence-corrected chi connectivity index (χ0v) is 13.3. The van der Waals surface area contributed by atoms with Crippen LogP contribution in [-0.4, -0.2) is 38.3 Å². The molecule has 0 aliphatic carbocycles. The van der Waals surface area contributed by atoms with Gasteiger partial charge in [-0.1, -0.05) is 0 Å². The van der Waals surface area contributed by atoms with Gasteiger partial charge < -0.3 is 15.2 Å². The highest BCUT2D eigenvalue weighted by atomic mass is 16.6. The molecule has 0 spiro atoms. The maximum Gasteiger partial charge on any atom is 0.305 e. The van der Waals surface area contributed by atoms with Gasteiger partial charge in [-0.05, 0) is 25.1 Å². The zero-order valence-electron chi connectivity index (χ0n) is 13.3. The molecule has 0 bridgehead atoms. The summed E-state index contributed by atoms with van der Waals surface area (Å²) in [6.07, 6.45) is 1.33. The summed E-state index contributed by atoms with van der Waals surface area (Å²) >= 11 is 0. The minimum Gasteiger partial charge on any atom is -0.494 e. The summed E-state index contributed by atoms with van der Waals surface area (Å²) < 4.78 is 6.53. The van der Waals surface area contributed by atoms with E-state index in [4.69, 9.17) is 9.84 Å². The lowest BCUT2D eigenvalue weighted by atomic mass is 10.2. The summed E-state index contributed by atoms with van der Waals surface area (Å²) in [7, 11) is 0. The lowest BCUT2D eigenvalue weighted by Gasteiger charge is -2.07. The van der Waals surface area contributed by atoms with Crippen LogP contribution >= 0.6 is 0 Å². The van der Waals surface area contributed by atoms with Crippen molar-refractivity contribution in [3.8, 4) is 5.75 Å². The molecule has 25 heavy (non-hydrogen) atoms. The van der Waals surface area contributed by atoms with E-state index in [-0.39, 0.29) is 30.0 Å². The second-order valence-corrected chi connectivity index (χ2v) is 4.93. The van der Waals surface area contributed by atoms with E-state index in [1.807, 2.05) is 0 Å². The van der Waals surface area contributed by atoms with Crippen molar-refractivity contribution in [2.75, 3.05) is 11.9 Å². The van der Waals surface area contributed by atoms with Gasteiger partial charge in [-0.15, -0.1) is 0 Å². The average Bonchev–Trinajstić information content (AvgIpc) is 3.03. The molecule has 0 fully saturated rings. The van der Waals surface area contributed by atoms with Crippen LogP contribution in [-0.2, 0) is 11.3 Å². The Bertz CT molecular complexity index is 801. The van der Waals surface area contributed by atoms with Gasteiger partial charge in [0.1, 0.15) is 11.4 Å². The molecule has 132 valence electrons. The van der Waals surface area contributed by atoms with Crippen molar-refractivity contribution < 1.29 is 24.4 Å². The molecule has 0 saturated carbocycles. The number of nitrogens with one attached hydrogen (secondary N) is 1. The number of amides is 1. The van der Waals surface area contributed by atoms with Crippen molar-refractivity contribution >= 4 is 23.3 Å². The van der Waals surface area contributed by atoms with Crippen LogP contribution in [0.5, 0.6) is 5.75 Å². The van der Waals surface area contributed by atoms with Crippen molar-refractivity contribution in [1.82, 2.24) is 9.78 Å². The monoisotopic (exact) mass is 348 g/mol. The number of aliphatic carboxylic acids is 1. The Kier molecular flexibility index (Phi) is 5.66. The number of anilines is 1. The molecule has 2 aromatic rings. The predicted octanol–water partition coefficient (Wildman–Crippen LogP) is 1.92. The van der Waals surface area contributed by atoms with Crippen LogP contribution in [0.3, 0.4) is 0 Å². The number of hydrogen-bond donors (Lipinski definition) is 2. The van der Waals surface area contributed by atoms with Crippen molar-refractivity contribution in [3.05, 3.63) is 46.3 Å². The smallest absolute Gasteiger partial charge is 0.305 e. The van der Waals surface area contributed by atoms with Crippen molar-refractivity contribution in [2.24, 2.45) is 0 Å². The standard InChI is InChI=1S/C15H16N4O6/c1-2-25-10-3-4-11(13(9-10)19(23)24)16-15(22)12-5-7-18(17-12)8-6-14(20)21/h3-5,7,9H,2,6,8H2,1H3,(H,16,22)(H,20,21). The average molecular weight is 348 g/mol. The molecule has 2 N–H and O–H groups in total. The lowest BCUT2D eigenvalue weighted by Crippen LogP contribution is -2.15. The molecular weight excluding hydrogens is 332 g/mol. The minimum absolute atomic E-state index is 0.0125. The quantitative estimate of drug-likeness (QED) is 0.549. The van der Waals surface area contributed by atoms with Crippen LogP contribution in [0.2, 0.25) is 0 Å². The molecule has 2 rings (SSSR count). The molecule has 0 aliphatic rings. The van der Waals surface area contributed by atoms with Gasteiger partial charge in [-0.2, -0.15) is 5.10 Å². The van der Waals surface area contributed by atoms with Gasteiger partial charge in [0, 0.05) is 6.20 Å². The van der Waals surface area contributed by atoms with Gasteiger partial charge in [-0.3, -0.25) is 24.4 Å². The van der Waals surface area contributed by atoms with Crippen molar-refractivity contribution in [3.63, 3.8) is 0 Å². The Hall–Kier alpha value is -3.43. The number of carbonyl (C=O) groups excluding carboxylic acids is 1. The Balaban J connectivity index is 2.14. The molecule has 0 radical (unpaired) electrons. The fourth-order valence-electron chi connectivity index (χ4n) is 2.03. The summed E-state index contributed by atoms with van der Waals surface area (Å²) in [5.74, 6) is -1.29. The highest BCUT2D eigenvalue weighted by Gasteiger charge is 2.19. The van der Waals surface area contributed by atoms with Gasteiger partial charge in [0.15, 0.2) is 5.69 Å². The number of nitro benzene ring substituents is 1. The number of rotatable bonds is 8. The maximum atomic E-state index is 12.2. The Morgan fingerprint density at radius 2 is 2.16 bits per heavy atom. The molecule has 1 heterocycles. The minimum atomic E-state index is -0.980. The van der Waals surface area contributed by atoms with Crippen LogP contribution in [0.1, 0.15) is 23.8 Å². The van der Waals surface area contributed by atoms with Crippen LogP contribution in [0.15, 0.2) is 30.5 Å². The van der Waals surface area contributed by atoms with Gasteiger partial charge in [-0.25, -0.2) is 0 Å². The normalized spacial score (nSPS) is 10.3.